The van der Waals surface area contributed by atoms with Gasteiger partial charge in [-0.1, -0.05) is 74.9 Å². The van der Waals surface area contributed by atoms with Crippen molar-refractivity contribution >= 4 is 10.8 Å². The Morgan fingerprint density at radius 3 is 1.96 bits per heavy atom. The zero-order valence-corrected chi connectivity index (χ0v) is 16.1. The average Bonchev–Trinajstić information content (AvgIpc) is 2.72. The van der Waals surface area contributed by atoms with Crippen LogP contribution in [0.3, 0.4) is 0 Å². The molecule has 0 radical (unpaired) electrons. The molecule has 4 rings (SSSR count). The summed E-state index contributed by atoms with van der Waals surface area (Å²) in [5.41, 5.74) is 2.99. The summed E-state index contributed by atoms with van der Waals surface area (Å²) in [5, 5.41) is 10.5. The standard InChI is InChI=1S/C24H34N2/c1-3-10-21(11-4-1)25-17-20-16-15-19-9-7-8-14-23(19)24(20)18-26-22-12-5-2-6-13-22/h7-9,14-16,21-22,25-26H,1-6,10-13,17-18H2. The fourth-order valence-electron chi connectivity index (χ4n) is 4.87. The van der Waals surface area contributed by atoms with Crippen LogP contribution in [0.25, 0.3) is 10.8 Å². The van der Waals surface area contributed by atoms with Crippen LogP contribution in [-0.2, 0) is 13.1 Å². The second-order valence-electron chi connectivity index (χ2n) is 8.36. The zero-order valence-electron chi connectivity index (χ0n) is 16.1. The molecule has 0 atom stereocenters. The fourth-order valence-corrected chi connectivity index (χ4v) is 4.87. The second kappa shape index (κ2) is 9.01. The number of rotatable bonds is 6. The fraction of sp³-hybridized carbons (Fsp3) is 0.583. The molecule has 2 nitrogen and oxygen atoms in total. The molecule has 2 aromatic carbocycles. The van der Waals surface area contributed by atoms with Gasteiger partial charge in [0.2, 0.25) is 0 Å². The van der Waals surface area contributed by atoms with Gasteiger partial charge in [0, 0.05) is 25.2 Å². The smallest absolute Gasteiger partial charge is 0.0217 e. The number of nitrogens with one attached hydrogen (secondary N) is 2. The molecular formula is C24H34N2. The second-order valence-corrected chi connectivity index (χ2v) is 8.36. The molecular weight excluding hydrogens is 316 g/mol. The molecule has 2 aliphatic carbocycles. The van der Waals surface area contributed by atoms with Gasteiger partial charge in [-0.25, -0.2) is 0 Å². The maximum absolute atomic E-state index is 3.88. The zero-order chi connectivity index (χ0) is 17.6. The summed E-state index contributed by atoms with van der Waals surface area (Å²) in [6, 6.07) is 15.0. The van der Waals surface area contributed by atoms with E-state index in [9.17, 15) is 0 Å². The molecule has 26 heavy (non-hydrogen) atoms. The van der Waals surface area contributed by atoms with E-state index in [0.29, 0.717) is 6.04 Å². The highest BCUT2D eigenvalue weighted by atomic mass is 14.9. The van der Waals surface area contributed by atoms with Gasteiger partial charge >= 0.3 is 0 Å². The first-order valence-corrected chi connectivity index (χ1v) is 10.9. The van der Waals surface area contributed by atoms with E-state index in [4.69, 9.17) is 0 Å². The van der Waals surface area contributed by atoms with Crippen LogP contribution >= 0.6 is 0 Å². The van der Waals surface area contributed by atoms with E-state index in [2.05, 4.69) is 47.0 Å². The Bertz CT molecular complexity index is 696. The van der Waals surface area contributed by atoms with Gasteiger partial charge in [0.25, 0.3) is 0 Å². The maximum Gasteiger partial charge on any atom is 0.0217 e. The third-order valence-corrected chi connectivity index (χ3v) is 6.50. The van der Waals surface area contributed by atoms with Crippen molar-refractivity contribution in [3.63, 3.8) is 0 Å². The SMILES string of the molecule is c1ccc2c(CNC3CCCCC3)c(CNC3CCCCC3)ccc2c1. The van der Waals surface area contributed by atoms with Gasteiger partial charge in [0.1, 0.15) is 0 Å². The lowest BCUT2D eigenvalue weighted by molar-refractivity contribution is 0.367. The van der Waals surface area contributed by atoms with Crippen LogP contribution in [-0.4, -0.2) is 12.1 Å². The molecule has 0 amide bonds. The predicted octanol–water partition coefficient (Wildman–Crippen LogP) is 5.68. The maximum atomic E-state index is 3.88. The molecule has 0 spiro atoms. The summed E-state index contributed by atoms with van der Waals surface area (Å²) in [5.74, 6) is 0. The summed E-state index contributed by atoms with van der Waals surface area (Å²) < 4.78 is 0. The summed E-state index contributed by atoms with van der Waals surface area (Å²) in [6.07, 6.45) is 13.8. The highest BCUT2D eigenvalue weighted by molar-refractivity contribution is 5.86. The molecule has 2 fully saturated rings. The first-order valence-electron chi connectivity index (χ1n) is 10.9. The summed E-state index contributed by atoms with van der Waals surface area (Å²) in [6.45, 7) is 2.02. The van der Waals surface area contributed by atoms with E-state index in [1.54, 1.807) is 0 Å². The van der Waals surface area contributed by atoms with E-state index >= 15 is 0 Å². The van der Waals surface area contributed by atoms with E-state index in [0.717, 1.165) is 19.1 Å². The Morgan fingerprint density at radius 2 is 1.27 bits per heavy atom. The van der Waals surface area contributed by atoms with Gasteiger partial charge in [0.15, 0.2) is 0 Å². The molecule has 2 aliphatic rings. The molecule has 0 heterocycles. The van der Waals surface area contributed by atoms with Crippen LogP contribution in [0, 0.1) is 0 Å². The Morgan fingerprint density at radius 1 is 0.654 bits per heavy atom. The Labute approximate surface area is 158 Å². The lowest BCUT2D eigenvalue weighted by atomic mass is 9.93. The largest absolute Gasteiger partial charge is 0.310 e. The van der Waals surface area contributed by atoms with Crippen LogP contribution in [0.5, 0.6) is 0 Å². The molecule has 2 heteroatoms. The third-order valence-electron chi connectivity index (χ3n) is 6.50. The first kappa shape index (κ1) is 18.0. The monoisotopic (exact) mass is 350 g/mol. The van der Waals surface area contributed by atoms with Gasteiger partial charge < -0.3 is 10.6 Å². The lowest BCUT2D eigenvalue weighted by Crippen LogP contribution is -2.32. The quantitative estimate of drug-likeness (QED) is 0.700. The number of hydrogen-bond donors (Lipinski definition) is 2. The van der Waals surface area contributed by atoms with Gasteiger partial charge in [-0.15, -0.1) is 0 Å². The normalized spacial score (nSPS) is 19.8. The van der Waals surface area contributed by atoms with Crippen LogP contribution in [0.1, 0.15) is 75.3 Å². The van der Waals surface area contributed by atoms with Crippen molar-refractivity contribution in [3.05, 3.63) is 47.5 Å². The van der Waals surface area contributed by atoms with Crippen molar-refractivity contribution < 1.29 is 0 Å². The minimum absolute atomic E-state index is 0.710. The first-order chi connectivity index (χ1) is 12.9. The Hall–Kier alpha value is -1.38. The van der Waals surface area contributed by atoms with E-state index < -0.39 is 0 Å². The predicted molar refractivity (Wildman–Crippen MR) is 111 cm³/mol. The molecule has 0 saturated heterocycles. The molecule has 2 saturated carbocycles. The molecule has 0 aromatic heterocycles. The van der Waals surface area contributed by atoms with Crippen LogP contribution in [0.2, 0.25) is 0 Å². The molecule has 2 N–H and O–H groups in total. The Kier molecular flexibility index (Phi) is 6.24. The Balaban J connectivity index is 1.50. The number of benzene rings is 2. The lowest BCUT2D eigenvalue weighted by Gasteiger charge is -2.26. The average molecular weight is 351 g/mol. The topological polar surface area (TPSA) is 24.1 Å². The van der Waals surface area contributed by atoms with Crippen molar-refractivity contribution in [2.24, 2.45) is 0 Å². The van der Waals surface area contributed by atoms with Crippen LogP contribution < -0.4 is 10.6 Å². The molecule has 140 valence electrons. The summed E-state index contributed by atoms with van der Waals surface area (Å²) >= 11 is 0. The third kappa shape index (κ3) is 4.47. The molecule has 2 aromatic rings. The molecule has 0 bridgehead atoms. The van der Waals surface area contributed by atoms with E-state index in [-0.39, 0.29) is 0 Å². The number of hydrogen-bond acceptors (Lipinski definition) is 2. The van der Waals surface area contributed by atoms with E-state index in [1.165, 1.54) is 86.1 Å². The summed E-state index contributed by atoms with van der Waals surface area (Å²) in [7, 11) is 0. The van der Waals surface area contributed by atoms with Crippen molar-refractivity contribution in [1.29, 1.82) is 0 Å². The highest BCUT2D eigenvalue weighted by Gasteiger charge is 2.16. The minimum Gasteiger partial charge on any atom is -0.310 e. The van der Waals surface area contributed by atoms with Gasteiger partial charge in [-0.2, -0.15) is 0 Å². The molecule has 0 unspecified atom stereocenters. The number of fused-ring (bicyclic) bond motifs is 1. The van der Waals surface area contributed by atoms with Gasteiger partial charge in [-0.3, -0.25) is 0 Å². The summed E-state index contributed by atoms with van der Waals surface area (Å²) in [4.78, 5) is 0. The van der Waals surface area contributed by atoms with Gasteiger partial charge in [-0.05, 0) is 47.6 Å². The van der Waals surface area contributed by atoms with Gasteiger partial charge in [0.05, 0.1) is 0 Å². The van der Waals surface area contributed by atoms with Crippen molar-refractivity contribution in [2.75, 3.05) is 0 Å². The highest BCUT2D eigenvalue weighted by Crippen LogP contribution is 2.25. The minimum atomic E-state index is 0.710. The molecule has 0 aliphatic heterocycles. The van der Waals surface area contributed by atoms with Crippen molar-refractivity contribution in [3.8, 4) is 0 Å². The van der Waals surface area contributed by atoms with Crippen LogP contribution in [0.15, 0.2) is 36.4 Å². The van der Waals surface area contributed by atoms with E-state index in [1.807, 2.05) is 0 Å². The van der Waals surface area contributed by atoms with Crippen molar-refractivity contribution in [1.82, 2.24) is 10.6 Å². The van der Waals surface area contributed by atoms with Crippen LogP contribution in [0.4, 0.5) is 0 Å². The van der Waals surface area contributed by atoms with Crippen molar-refractivity contribution in [2.45, 2.75) is 89.4 Å².